The van der Waals surface area contributed by atoms with Gasteiger partial charge >= 0.3 is 0 Å². The van der Waals surface area contributed by atoms with E-state index in [9.17, 15) is 8.42 Å². The van der Waals surface area contributed by atoms with Gasteiger partial charge in [0.25, 0.3) is 10.0 Å². The van der Waals surface area contributed by atoms with Crippen molar-refractivity contribution < 1.29 is 8.42 Å². The molecule has 0 spiro atoms. The van der Waals surface area contributed by atoms with Crippen molar-refractivity contribution in [2.75, 3.05) is 5.01 Å². The molecule has 6 nitrogen and oxygen atoms in total. The molecule has 0 unspecified atom stereocenters. The van der Waals surface area contributed by atoms with Gasteiger partial charge in [-0.2, -0.15) is 8.42 Å². The van der Waals surface area contributed by atoms with E-state index in [0.717, 1.165) is 5.56 Å². The molecule has 0 fully saturated rings. The van der Waals surface area contributed by atoms with Crippen LogP contribution in [0, 0.1) is 0 Å². The fraction of sp³-hybridized carbons (Fsp3) is 0.0769. The number of nitrogens with two attached hydrogens (primary N) is 1. The van der Waals surface area contributed by atoms with Crippen LogP contribution in [0.3, 0.4) is 0 Å². The molecule has 8 heteroatoms. The van der Waals surface area contributed by atoms with E-state index < -0.39 is 10.0 Å². The third-order valence-electron chi connectivity index (χ3n) is 3.01. The molecule has 3 rings (SSSR count). The average molecular weight is 323 g/mol. The van der Waals surface area contributed by atoms with E-state index >= 15 is 0 Å². The number of hydrogen-bond acceptors (Lipinski definition) is 5. The van der Waals surface area contributed by atoms with Gasteiger partial charge < -0.3 is 0 Å². The highest BCUT2D eigenvalue weighted by molar-refractivity contribution is 7.90. The number of halogens is 1. The van der Waals surface area contributed by atoms with Crippen LogP contribution in [0.25, 0.3) is 0 Å². The maximum absolute atomic E-state index is 12.2. The first kappa shape index (κ1) is 14.0. The molecule has 1 aromatic heterocycles. The Morgan fingerprint density at radius 3 is 2.67 bits per heavy atom. The van der Waals surface area contributed by atoms with Gasteiger partial charge in [-0.15, -0.1) is 4.40 Å². The van der Waals surface area contributed by atoms with Crippen LogP contribution in [0.1, 0.15) is 5.56 Å². The van der Waals surface area contributed by atoms with Crippen molar-refractivity contribution >= 4 is 33.3 Å². The van der Waals surface area contributed by atoms with Crippen LogP contribution >= 0.6 is 11.6 Å². The minimum Gasteiger partial charge on any atom is -0.246 e. The molecule has 2 aromatic rings. The molecule has 0 aliphatic carbocycles. The van der Waals surface area contributed by atoms with E-state index in [1.807, 2.05) is 30.3 Å². The van der Waals surface area contributed by atoms with E-state index in [1.165, 1.54) is 17.3 Å². The van der Waals surface area contributed by atoms with Gasteiger partial charge in [-0.3, -0.25) is 0 Å². The Labute approximate surface area is 126 Å². The number of pyridine rings is 1. The van der Waals surface area contributed by atoms with Crippen LogP contribution in [-0.4, -0.2) is 19.2 Å². The first-order valence-corrected chi connectivity index (χ1v) is 7.87. The summed E-state index contributed by atoms with van der Waals surface area (Å²) in [4.78, 5) is 3.91. The summed E-state index contributed by atoms with van der Waals surface area (Å²) in [6.07, 6.45) is 1.64. The first-order valence-electron chi connectivity index (χ1n) is 6.05. The van der Waals surface area contributed by atoms with E-state index in [1.54, 1.807) is 0 Å². The highest BCUT2D eigenvalue weighted by Gasteiger charge is 2.30. The second-order valence-electron chi connectivity index (χ2n) is 4.49. The number of benzene rings is 1. The molecule has 0 saturated carbocycles. The van der Waals surface area contributed by atoms with Crippen molar-refractivity contribution in [2.45, 2.75) is 11.3 Å². The lowest BCUT2D eigenvalue weighted by atomic mass is 10.1. The molecule has 0 atom stereocenters. The summed E-state index contributed by atoms with van der Waals surface area (Å²) in [6, 6.07) is 10.6. The predicted octanol–water partition coefficient (Wildman–Crippen LogP) is 1.76. The topological polar surface area (TPSA) is 88.6 Å². The van der Waals surface area contributed by atoms with E-state index in [4.69, 9.17) is 17.4 Å². The summed E-state index contributed by atoms with van der Waals surface area (Å²) in [5, 5.41) is 1.40. The first-order chi connectivity index (χ1) is 9.97. The minimum atomic E-state index is -3.85. The molecular weight excluding hydrogens is 312 g/mol. The predicted molar refractivity (Wildman–Crippen MR) is 80.7 cm³/mol. The number of rotatable bonds is 2. The number of amidine groups is 1. The summed E-state index contributed by atoms with van der Waals surface area (Å²) in [5.41, 5.74) is 0.902. The van der Waals surface area contributed by atoms with Crippen molar-refractivity contribution in [3.05, 3.63) is 53.2 Å². The molecule has 0 saturated heterocycles. The van der Waals surface area contributed by atoms with E-state index in [2.05, 4.69) is 9.38 Å². The quantitative estimate of drug-likeness (QED) is 0.851. The number of sulfonamides is 1. The van der Waals surface area contributed by atoms with Crippen LogP contribution in [0.15, 0.2) is 51.9 Å². The Morgan fingerprint density at radius 1 is 1.24 bits per heavy atom. The Kier molecular flexibility index (Phi) is 3.40. The molecule has 0 bridgehead atoms. The van der Waals surface area contributed by atoms with E-state index in [0.29, 0.717) is 6.42 Å². The summed E-state index contributed by atoms with van der Waals surface area (Å²) in [5.74, 6) is 6.28. The lowest BCUT2D eigenvalue weighted by Gasteiger charge is -2.25. The highest BCUT2D eigenvalue weighted by Crippen LogP contribution is 2.30. The fourth-order valence-electron chi connectivity index (χ4n) is 2.03. The van der Waals surface area contributed by atoms with Crippen LogP contribution in [-0.2, 0) is 16.4 Å². The zero-order valence-electron chi connectivity index (χ0n) is 10.8. The van der Waals surface area contributed by atoms with Crippen molar-refractivity contribution in [1.29, 1.82) is 0 Å². The van der Waals surface area contributed by atoms with Crippen LogP contribution in [0.2, 0.25) is 5.02 Å². The Bertz CT molecular complexity index is 821. The Hall–Kier alpha value is -1.96. The van der Waals surface area contributed by atoms with Crippen molar-refractivity contribution in [2.24, 2.45) is 10.2 Å². The second-order valence-corrected chi connectivity index (χ2v) is 6.50. The number of fused-ring (bicyclic) bond motifs is 1. The summed E-state index contributed by atoms with van der Waals surface area (Å²) in [6.45, 7) is 0. The number of anilines is 1. The maximum atomic E-state index is 12.2. The molecule has 108 valence electrons. The van der Waals surface area contributed by atoms with Gasteiger partial charge in [-0.05, 0) is 11.6 Å². The average Bonchev–Trinajstić information content (AvgIpc) is 2.45. The standard InChI is InChI=1S/C13H11ClN4O2S/c14-10-7-11-13(16-8-10)18(15)12(17-21(11,19)20)6-9-4-2-1-3-5-9/h1-5,7-8H,6,15H2. The molecule has 2 N–H and O–H groups in total. The van der Waals surface area contributed by atoms with Crippen molar-refractivity contribution in [3.8, 4) is 0 Å². The molecule has 1 aliphatic heterocycles. The van der Waals surface area contributed by atoms with Gasteiger partial charge in [0.05, 0.1) is 5.02 Å². The monoisotopic (exact) mass is 322 g/mol. The molecular formula is C13H11ClN4O2S. The van der Waals surface area contributed by atoms with Crippen LogP contribution in [0.4, 0.5) is 5.82 Å². The smallest absolute Gasteiger partial charge is 0.246 e. The lowest BCUT2D eigenvalue weighted by Crippen LogP contribution is -2.43. The molecule has 2 heterocycles. The fourth-order valence-corrected chi connectivity index (χ4v) is 3.44. The molecule has 0 amide bonds. The normalized spacial score (nSPS) is 16.3. The van der Waals surface area contributed by atoms with Gasteiger partial charge in [-0.1, -0.05) is 41.9 Å². The molecule has 21 heavy (non-hydrogen) atoms. The number of hydrogen-bond donors (Lipinski definition) is 1. The number of nitrogens with zero attached hydrogens (tertiary/aromatic N) is 3. The van der Waals surface area contributed by atoms with Crippen LogP contribution < -0.4 is 10.9 Å². The SMILES string of the molecule is NN1C(Cc2ccccc2)=NS(=O)(=O)c2cc(Cl)cnc21. The van der Waals surface area contributed by atoms with Gasteiger partial charge in [0.15, 0.2) is 5.82 Å². The summed E-state index contributed by atoms with van der Waals surface area (Å²) >= 11 is 5.78. The van der Waals surface area contributed by atoms with Crippen molar-refractivity contribution in [3.63, 3.8) is 0 Å². The zero-order valence-corrected chi connectivity index (χ0v) is 12.3. The summed E-state index contributed by atoms with van der Waals surface area (Å²) < 4.78 is 28.2. The Balaban J connectivity index is 2.06. The minimum absolute atomic E-state index is 0.0886. The molecule has 0 radical (unpaired) electrons. The van der Waals surface area contributed by atoms with Crippen LogP contribution in [0.5, 0.6) is 0 Å². The highest BCUT2D eigenvalue weighted by atomic mass is 35.5. The van der Waals surface area contributed by atoms with Gasteiger partial charge in [-0.25, -0.2) is 15.8 Å². The van der Waals surface area contributed by atoms with E-state index in [-0.39, 0.29) is 21.6 Å². The van der Waals surface area contributed by atoms with Gasteiger partial charge in [0, 0.05) is 12.6 Å². The number of aromatic nitrogens is 1. The van der Waals surface area contributed by atoms with Gasteiger partial charge in [0.2, 0.25) is 0 Å². The molecule has 1 aliphatic rings. The third kappa shape index (κ3) is 2.63. The van der Waals surface area contributed by atoms with Crippen molar-refractivity contribution in [1.82, 2.24) is 4.98 Å². The summed E-state index contributed by atoms with van der Waals surface area (Å²) in [7, 11) is -3.85. The number of hydrazine groups is 1. The largest absolute Gasteiger partial charge is 0.287 e. The lowest BCUT2D eigenvalue weighted by molar-refractivity contribution is 0.596. The zero-order chi connectivity index (χ0) is 15.0. The Morgan fingerprint density at radius 2 is 1.95 bits per heavy atom. The van der Waals surface area contributed by atoms with Gasteiger partial charge in [0.1, 0.15) is 10.7 Å². The third-order valence-corrected chi connectivity index (χ3v) is 4.53. The second kappa shape index (κ2) is 5.10. The maximum Gasteiger partial charge on any atom is 0.287 e. The molecule has 1 aromatic carbocycles.